The molecule has 5 heteroatoms. The van der Waals surface area contributed by atoms with E-state index in [0.717, 1.165) is 31.7 Å². The van der Waals surface area contributed by atoms with Gasteiger partial charge in [-0.05, 0) is 64.9 Å². The van der Waals surface area contributed by atoms with Crippen LogP contribution in [0, 0.1) is 0 Å². The van der Waals surface area contributed by atoms with Crippen molar-refractivity contribution in [2.45, 2.75) is 45.1 Å². The summed E-state index contributed by atoms with van der Waals surface area (Å²) in [6, 6.07) is 4.47. The number of pyridine rings is 1. The zero-order valence-electron chi connectivity index (χ0n) is 14.7. The van der Waals surface area contributed by atoms with Crippen molar-refractivity contribution < 1.29 is 4.79 Å². The molecule has 1 unspecified atom stereocenters. The second kappa shape index (κ2) is 8.87. The predicted octanol–water partition coefficient (Wildman–Crippen LogP) is 2.53. The summed E-state index contributed by atoms with van der Waals surface area (Å²) in [5.74, 6) is 0.967. The number of hydrogen-bond acceptors (Lipinski definition) is 4. The SMILES string of the molecule is CCC1CCCCN1c1ccc(C(=O)NCCCN(C)C)cn1. The van der Waals surface area contributed by atoms with Crippen LogP contribution in [0.15, 0.2) is 18.3 Å². The molecule has 1 aromatic rings. The lowest BCUT2D eigenvalue weighted by atomic mass is 10.00. The Bertz CT molecular complexity index is 486. The summed E-state index contributed by atoms with van der Waals surface area (Å²) in [6.07, 6.45) is 7.59. The maximum Gasteiger partial charge on any atom is 0.252 e. The van der Waals surface area contributed by atoms with Crippen LogP contribution in [0.4, 0.5) is 5.82 Å². The molecule has 1 saturated heterocycles. The summed E-state index contributed by atoms with van der Waals surface area (Å²) >= 11 is 0. The molecule has 1 amide bonds. The van der Waals surface area contributed by atoms with Crippen LogP contribution in [-0.4, -0.2) is 55.6 Å². The average molecular weight is 318 g/mol. The third-order valence-corrected chi connectivity index (χ3v) is 4.47. The minimum absolute atomic E-state index is 0.0338. The van der Waals surface area contributed by atoms with Crippen molar-refractivity contribution in [2.24, 2.45) is 0 Å². The maximum absolute atomic E-state index is 12.1. The number of amides is 1. The molecular formula is C18H30N4O. The van der Waals surface area contributed by atoms with E-state index in [4.69, 9.17) is 0 Å². The standard InChI is InChI=1S/C18H30N4O/c1-4-16-8-5-6-13-22(16)17-10-9-15(14-20-17)18(23)19-11-7-12-21(2)3/h9-10,14,16H,4-8,11-13H2,1-3H3,(H,19,23). The summed E-state index contributed by atoms with van der Waals surface area (Å²) in [5, 5.41) is 2.95. The van der Waals surface area contributed by atoms with Gasteiger partial charge in [0, 0.05) is 25.3 Å². The first-order chi connectivity index (χ1) is 11.1. The molecule has 1 aliphatic heterocycles. The second-order valence-corrected chi connectivity index (χ2v) is 6.57. The highest BCUT2D eigenvalue weighted by atomic mass is 16.1. The molecule has 1 aliphatic rings. The van der Waals surface area contributed by atoms with E-state index in [0.29, 0.717) is 18.2 Å². The fourth-order valence-electron chi connectivity index (χ4n) is 3.12. The Balaban J connectivity index is 1.89. The van der Waals surface area contributed by atoms with Crippen molar-refractivity contribution in [3.05, 3.63) is 23.9 Å². The van der Waals surface area contributed by atoms with Gasteiger partial charge in [0.1, 0.15) is 5.82 Å². The molecule has 1 atom stereocenters. The monoisotopic (exact) mass is 318 g/mol. The van der Waals surface area contributed by atoms with Crippen LogP contribution < -0.4 is 10.2 Å². The van der Waals surface area contributed by atoms with E-state index < -0.39 is 0 Å². The number of carbonyl (C=O) groups is 1. The van der Waals surface area contributed by atoms with Crippen molar-refractivity contribution in [3.8, 4) is 0 Å². The van der Waals surface area contributed by atoms with E-state index in [1.807, 2.05) is 26.2 Å². The number of nitrogens with one attached hydrogen (secondary N) is 1. The van der Waals surface area contributed by atoms with Gasteiger partial charge < -0.3 is 15.1 Å². The van der Waals surface area contributed by atoms with Crippen molar-refractivity contribution >= 4 is 11.7 Å². The lowest BCUT2D eigenvalue weighted by molar-refractivity contribution is 0.0952. The van der Waals surface area contributed by atoms with Crippen LogP contribution >= 0.6 is 0 Å². The van der Waals surface area contributed by atoms with Crippen molar-refractivity contribution in [3.63, 3.8) is 0 Å². The molecule has 5 nitrogen and oxygen atoms in total. The summed E-state index contributed by atoms with van der Waals surface area (Å²) in [6.45, 7) is 4.98. The van der Waals surface area contributed by atoms with Crippen LogP contribution in [0.25, 0.3) is 0 Å². The Morgan fingerprint density at radius 3 is 2.87 bits per heavy atom. The lowest BCUT2D eigenvalue weighted by Gasteiger charge is -2.36. The van der Waals surface area contributed by atoms with Gasteiger partial charge >= 0.3 is 0 Å². The van der Waals surface area contributed by atoms with Crippen LogP contribution in [0.2, 0.25) is 0 Å². The molecule has 0 saturated carbocycles. The van der Waals surface area contributed by atoms with E-state index in [1.54, 1.807) is 6.20 Å². The fraction of sp³-hybridized carbons (Fsp3) is 0.667. The number of rotatable bonds is 7. The smallest absolute Gasteiger partial charge is 0.252 e. The molecule has 0 spiro atoms. The highest BCUT2D eigenvalue weighted by Crippen LogP contribution is 2.24. The van der Waals surface area contributed by atoms with Gasteiger partial charge in [-0.3, -0.25) is 4.79 Å². The molecule has 0 aromatic carbocycles. The third kappa shape index (κ3) is 5.20. The Hall–Kier alpha value is -1.62. The Morgan fingerprint density at radius 1 is 1.39 bits per heavy atom. The van der Waals surface area contributed by atoms with Gasteiger partial charge in [-0.2, -0.15) is 0 Å². The molecular weight excluding hydrogens is 288 g/mol. The van der Waals surface area contributed by atoms with Crippen molar-refractivity contribution in [1.82, 2.24) is 15.2 Å². The fourth-order valence-corrected chi connectivity index (χ4v) is 3.12. The Morgan fingerprint density at radius 2 is 2.22 bits per heavy atom. The summed E-state index contributed by atoms with van der Waals surface area (Å²) in [5.41, 5.74) is 0.642. The number of anilines is 1. The molecule has 0 bridgehead atoms. The first-order valence-electron chi connectivity index (χ1n) is 8.77. The van der Waals surface area contributed by atoms with Gasteiger partial charge in [0.05, 0.1) is 5.56 Å². The minimum atomic E-state index is -0.0338. The van der Waals surface area contributed by atoms with Gasteiger partial charge in [0.25, 0.3) is 5.91 Å². The van der Waals surface area contributed by atoms with E-state index in [2.05, 4.69) is 27.0 Å². The first-order valence-corrected chi connectivity index (χ1v) is 8.77. The van der Waals surface area contributed by atoms with Gasteiger partial charge in [-0.25, -0.2) is 4.98 Å². The number of nitrogens with zero attached hydrogens (tertiary/aromatic N) is 3. The number of aromatic nitrogens is 1. The van der Waals surface area contributed by atoms with Crippen LogP contribution in [0.1, 0.15) is 49.4 Å². The lowest BCUT2D eigenvalue weighted by Crippen LogP contribution is -2.39. The molecule has 128 valence electrons. The number of hydrogen-bond donors (Lipinski definition) is 1. The van der Waals surface area contributed by atoms with Crippen molar-refractivity contribution in [1.29, 1.82) is 0 Å². The van der Waals surface area contributed by atoms with Gasteiger partial charge in [-0.15, -0.1) is 0 Å². The molecule has 1 fully saturated rings. The predicted molar refractivity (Wildman–Crippen MR) is 95.0 cm³/mol. The summed E-state index contributed by atoms with van der Waals surface area (Å²) < 4.78 is 0. The molecule has 0 radical (unpaired) electrons. The van der Waals surface area contributed by atoms with Gasteiger partial charge in [-0.1, -0.05) is 6.92 Å². The minimum Gasteiger partial charge on any atom is -0.354 e. The van der Waals surface area contributed by atoms with Gasteiger partial charge in [0.15, 0.2) is 0 Å². The number of carbonyl (C=O) groups excluding carboxylic acids is 1. The average Bonchev–Trinajstić information content (AvgIpc) is 2.58. The maximum atomic E-state index is 12.1. The zero-order chi connectivity index (χ0) is 16.7. The zero-order valence-corrected chi connectivity index (χ0v) is 14.7. The normalized spacial score (nSPS) is 18.3. The van der Waals surface area contributed by atoms with Gasteiger partial charge in [0.2, 0.25) is 0 Å². The van der Waals surface area contributed by atoms with Crippen LogP contribution in [-0.2, 0) is 0 Å². The molecule has 2 rings (SSSR count). The molecule has 23 heavy (non-hydrogen) atoms. The molecule has 1 aromatic heterocycles. The molecule has 2 heterocycles. The van der Waals surface area contributed by atoms with E-state index in [1.165, 1.54) is 19.3 Å². The topological polar surface area (TPSA) is 48.5 Å². The first kappa shape index (κ1) is 17.7. The van der Waals surface area contributed by atoms with Crippen LogP contribution in [0.5, 0.6) is 0 Å². The summed E-state index contributed by atoms with van der Waals surface area (Å²) in [7, 11) is 4.07. The highest BCUT2D eigenvalue weighted by molar-refractivity contribution is 5.94. The quantitative estimate of drug-likeness (QED) is 0.785. The van der Waals surface area contributed by atoms with E-state index in [9.17, 15) is 4.79 Å². The second-order valence-electron chi connectivity index (χ2n) is 6.57. The highest BCUT2D eigenvalue weighted by Gasteiger charge is 2.22. The van der Waals surface area contributed by atoms with Crippen molar-refractivity contribution in [2.75, 3.05) is 38.6 Å². The Kier molecular flexibility index (Phi) is 6.84. The Labute approximate surface area is 140 Å². The van der Waals surface area contributed by atoms with Crippen LogP contribution in [0.3, 0.4) is 0 Å². The largest absolute Gasteiger partial charge is 0.354 e. The molecule has 1 N–H and O–H groups in total. The molecule has 0 aliphatic carbocycles. The third-order valence-electron chi connectivity index (χ3n) is 4.47. The van der Waals surface area contributed by atoms with E-state index in [-0.39, 0.29) is 5.91 Å². The van der Waals surface area contributed by atoms with E-state index >= 15 is 0 Å². The summed E-state index contributed by atoms with van der Waals surface area (Å²) in [4.78, 5) is 21.2. The number of piperidine rings is 1.